The molecule has 1 aromatic heterocycles. The number of nitrogens with zero attached hydrogens (tertiary/aromatic N) is 1. The summed E-state index contributed by atoms with van der Waals surface area (Å²) in [7, 11) is 1.89. The Balaban J connectivity index is 2.72. The van der Waals surface area contributed by atoms with Crippen molar-refractivity contribution in [1.29, 1.82) is 0 Å². The fourth-order valence-electron chi connectivity index (χ4n) is 1.42. The van der Waals surface area contributed by atoms with Gasteiger partial charge in [-0.3, -0.25) is 0 Å². The molecule has 1 aromatic rings. The van der Waals surface area contributed by atoms with Crippen molar-refractivity contribution in [3.05, 3.63) is 24.0 Å². The maximum Gasteiger partial charge on any atom is 0.0949 e. The van der Waals surface area contributed by atoms with Gasteiger partial charge >= 0.3 is 0 Å². The van der Waals surface area contributed by atoms with E-state index >= 15 is 0 Å². The topological polar surface area (TPSA) is 57.4 Å². The highest BCUT2D eigenvalue weighted by Crippen LogP contribution is 2.13. The Morgan fingerprint density at radius 2 is 2.29 bits per heavy atom. The molecular weight excluding hydrogens is 180 g/mol. The molecule has 14 heavy (non-hydrogen) atoms. The minimum absolute atomic E-state index is 0.203. The summed E-state index contributed by atoms with van der Waals surface area (Å²) in [6.07, 6.45) is 1.22. The van der Waals surface area contributed by atoms with Gasteiger partial charge < -0.3 is 20.1 Å². The van der Waals surface area contributed by atoms with Crippen molar-refractivity contribution in [2.45, 2.75) is 25.6 Å². The zero-order valence-corrected chi connectivity index (χ0v) is 8.64. The molecule has 0 spiro atoms. The smallest absolute Gasteiger partial charge is 0.0949 e. The molecule has 0 fully saturated rings. The van der Waals surface area contributed by atoms with Gasteiger partial charge in [0.2, 0.25) is 0 Å². The Bertz CT molecular complexity index is 273. The summed E-state index contributed by atoms with van der Waals surface area (Å²) in [6, 6.07) is 4.19. The lowest BCUT2D eigenvalue weighted by Gasteiger charge is -2.16. The molecular formula is C10H18N2O2. The number of nitrogens with one attached hydrogen (secondary N) is 1. The van der Waals surface area contributed by atoms with Gasteiger partial charge in [-0.15, -0.1) is 0 Å². The zero-order valence-electron chi connectivity index (χ0n) is 8.64. The Kier molecular flexibility index (Phi) is 4.13. The number of rotatable bonds is 5. The summed E-state index contributed by atoms with van der Waals surface area (Å²) in [4.78, 5) is 0. The molecule has 3 N–H and O–H groups in total. The molecule has 2 atom stereocenters. The molecule has 0 saturated carbocycles. The van der Waals surface area contributed by atoms with Crippen molar-refractivity contribution in [3.63, 3.8) is 0 Å². The Morgan fingerprint density at radius 3 is 2.86 bits per heavy atom. The average molecular weight is 198 g/mol. The zero-order chi connectivity index (χ0) is 10.6. The first-order valence-corrected chi connectivity index (χ1v) is 4.80. The van der Waals surface area contributed by atoms with E-state index < -0.39 is 6.10 Å². The van der Waals surface area contributed by atoms with Crippen molar-refractivity contribution in [2.75, 3.05) is 13.7 Å². The van der Waals surface area contributed by atoms with Crippen LogP contribution < -0.4 is 5.32 Å². The first-order chi connectivity index (χ1) is 6.69. The Labute approximate surface area is 84.2 Å². The molecule has 0 aliphatic rings. The maximum atomic E-state index is 9.32. The normalized spacial score (nSPS) is 15.4. The van der Waals surface area contributed by atoms with Crippen LogP contribution in [-0.4, -0.2) is 34.5 Å². The number of aliphatic hydroxyl groups excluding tert-OH is 2. The molecule has 0 bridgehead atoms. The van der Waals surface area contributed by atoms with Gasteiger partial charge in [0.05, 0.1) is 19.3 Å². The van der Waals surface area contributed by atoms with Crippen molar-refractivity contribution in [1.82, 2.24) is 9.88 Å². The third kappa shape index (κ3) is 2.57. The van der Waals surface area contributed by atoms with E-state index in [0.29, 0.717) is 6.54 Å². The fourth-order valence-corrected chi connectivity index (χ4v) is 1.42. The Hall–Kier alpha value is -0.840. The van der Waals surface area contributed by atoms with E-state index in [4.69, 9.17) is 5.11 Å². The molecule has 4 heteroatoms. The first-order valence-electron chi connectivity index (χ1n) is 4.80. The lowest BCUT2D eigenvalue weighted by atomic mass is 10.2. The summed E-state index contributed by atoms with van der Waals surface area (Å²) in [5.74, 6) is 0. The summed E-state index contributed by atoms with van der Waals surface area (Å²) < 4.78 is 1.95. The van der Waals surface area contributed by atoms with Gasteiger partial charge in [0.25, 0.3) is 0 Å². The van der Waals surface area contributed by atoms with Crippen LogP contribution in [0, 0.1) is 0 Å². The molecule has 0 aliphatic carbocycles. The summed E-state index contributed by atoms with van der Waals surface area (Å²) in [6.45, 7) is 2.29. The summed E-state index contributed by atoms with van der Waals surface area (Å²) in [5, 5.41) is 21.2. The van der Waals surface area contributed by atoms with Crippen LogP contribution >= 0.6 is 0 Å². The quantitative estimate of drug-likeness (QED) is 0.630. The van der Waals surface area contributed by atoms with Crippen LogP contribution in [-0.2, 0) is 6.54 Å². The van der Waals surface area contributed by atoms with Crippen LogP contribution in [0.25, 0.3) is 0 Å². The van der Waals surface area contributed by atoms with E-state index in [1.807, 2.05) is 29.9 Å². The SMILES string of the molecule is CNC(C)c1cccn1CC(O)CO. The van der Waals surface area contributed by atoms with Crippen LogP contribution in [0.1, 0.15) is 18.7 Å². The molecule has 1 rings (SSSR count). The van der Waals surface area contributed by atoms with Crippen molar-refractivity contribution >= 4 is 0 Å². The predicted molar refractivity (Wildman–Crippen MR) is 55.0 cm³/mol. The van der Waals surface area contributed by atoms with Crippen LogP contribution in [0.15, 0.2) is 18.3 Å². The second kappa shape index (κ2) is 5.14. The van der Waals surface area contributed by atoms with E-state index in [2.05, 4.69) is 12.2 Å². The number of aromatic nitrogens is 1. The number of aliphatic hydroxyl groups is 2. The molecule has 4 nitrogen and oxygen atoms in total. The fraction of sp³-hybridized carbons (Fsp3) is 0.600. The van der Waals surface area contributed by atoms with Crippen LogP contribution in [0.5, 0.6) is 0 Å². The Morgan fingerprint density at radius 1 is 1.57 bits per heavy atom. The standard InChI is InChI=1S/C10H18N2O2/c1-8(11-2)10-4-3-5-12(10)6-9(14)7-13/h3-5,8-9,11,13-14H,6-7H2,1-2H3. The van der Waals surface area contributed by atoms with Gasteiger partial charge in [0.15, 0.2) is 0 Å². The second-order valence-electron chi connectivity index (χ2n) is 3.43. The highest BCUT2D eigenvalue weighted by molar-refractivity contribution is 5.11. The van der Waals surface area contributed by atoms with Gasteiger partial charge in [0, 0.05) is 17.9 Å². The van der Waals surface area contributed by atoms with E-state index in [1.165, 1.54) is 0 Å². The second-order valence-corrected chi connectivity index (χ2v) is 3.43. The third-order valence-corrected chi connectivity index (χ3v) is 2.36. The van der Waals surface area contributed by atoms with E-state index in [9.17, 15) is 5.11 Å². The lowest BCUT2D eigenvalue weighted by molar-refractivity contribution is 0.0804. The van der Waals surface area contributed by atoms with Crippen molar-refractivity contribution in [2.24, 2.45) is 0 Å². The van der Waals surface area contributed by atoms with Crippen LogP contribution in [0.2, 0.25) is 0 Å². The minimum Gasteiger partial charge on any atom is -0.394 e. The summed E-state index contributed by atoms with van der Waals surface area (Å²) >= 11 is 0. The third-order valence-electron chi connectivity index (χ3n) is 2.36. The number of hydrogen-bond donors (Lipinski definition) is 3. The van der Waals surface area contributed by atoms with Gasteiger partial charge in [-0.2, -0.15) is 0 Å². The van der Waals surface area contributed by atoms with Crippen LogP contribution in [0.4, 0.5) is 0 Å². The predicted octanol–water partition coefficient (Wildman–Crippen LogP) is 0.122. The van der Waals surface area contributed by atoms with Crippen LogP contribution in [0.3, 0.4) is 0 Å². The first kappa shape index (κ1) is 11.2. The van der Waals surface area contributed by atoms with Gasteiger partial charge in [-0.25, -0.2) is 0 Å². The lowest BCUT2D eigenvalue weighted by Crippen LogP contribution is -2.23. The summed E-state index contributed by atoms with van der Waals surface area (Å²) in [5.41, 5.74) is 1.11. The highest BCUT2D eigenvalue weighted by atomic mass is 16.3. The van der Waals surface area contributed by atoms with E-state index in [0.717, 1.165) is 5.69 Å². The van der Waals surface area contributed by atoms with Gasteiger partial charge in [0.1, 0.15) is 0 Å². The maximum absolute atomic E-state index is 9.32. The molecule has 0 radical (unpaired) electrons. The van der Waals surface area contributed by atoms with E-state index in [1.54, 1.807) is 0 Å². The average Bonchev–Trinajstić information content (AvgIpc) is 2.64. The molecule has 0 aromatic carbocycles. The molecule has 0 amide bonds. The van der Waals surface area contributed by atoms with Gasteiger partial charge in [-0.05, 0) is 26.1 Å². The molecule has 80 valence electrons. The number of hydrogen-bond acceptors (Lipinski definition) is 3. The highest BCUT2D eigenvalue weighted by Gasteiger charge is 2.10. The van der Waals surface area contributed by atoms with Gasteiger partial charge in [-0.1, -0.05) is 0 Å². The van der Waals surface area contributed by atoms with Crippen molar-refractivity contribution < 1.29 is 10.2 Å². The van der Waals surface area contributed by atoms with Crippen molar-refractivity contribution in [3.8, 4) is 0 Å². The van der Waals surface area contributed by atoms with E-state index in [-0.39, 0.29) is 12.6 Å². The molecule has 2 unspecified atom stereocenters. The minimum atomic E-state index is -0.690. The molecule has 0 aliphatic heterocycles. The monoisotopic (exact) mass is 198 g/mol. The molecule has 0 saturated heterocycles. The molecule has 1 heterocycles. The largest absolute Gasteiger partial charge is 0.394 e.